The molecule has 5 rings (SSSR count). The van der Waals surface area contributed by atoms with Crippen LogP contribution in [0.25, 0.3) is 0 Å². The Morgan fingerprint density at radius 2 is 2.00 bits per heavy atom. The highest BCUT2D eigenvalue weighted by molar-refractivity contribution is 5.93. The summed E-state index contributed by atoms with van der Waals surface area (Å²) in [4.78, 5) is 11.6. The van der Waals surface area contributed by atoms with Crippen molar-refractivity contribution in [3.63, 3.8) is 0 Å². The number of carbonyl (C=O) groups is 1. The average molecular weight is 269 g/mol. The topological polar surface area (TPSA) is 47.6 Å². The maximum atomic E-state index is 11.6. The third-order valence-corrected chi connectivity index (χ3v) is 5.13. The molecule has 1 saturated carbocycles. The molecule has 20 heavy (non-hydrogen) atoms. The smallest absolute Gasteiger partial charge is 0.161 e. The number of ketones is 1. The number of benzene rings is 1. The number of allylic oxidation sites excluding steroid dienone is 1. The largest absolute Gasteiger partial charge is 0.486 e. The van der Waals surface area contributed by atoms with E-state index in [0.29, 0.717) is 31.6 Å². The number of fused-ring (bicyclic) bond motifs is 3. The average Bonchev–Trinajstić information content (AvgIpc) is 3.14. The summed E-state index contributed by atoms with van der Waals surface area (Å²) in [5.74, 6) is 2.35. The lowest BCUT2D eigenvalue weighted by Crippen LogP contribution is -2.31. The van der Waals surface area contributed by atoms with E-state index in [1.165, 1.54) is 11.1 Å². The molecule has 2 aliphatic heterocycles. The first-order valence-corrected chi connectivity index (χ1v) is 7.17. The molecule has 4 nitrogen and oxygen atoms in total. The molecule has 1 N–H and O–H groups in total. The van der Waals surface area contributed by atoms with E-state index in [1.807, 2.05) is 0 Å². The maximum Gasteiger partial charge on any atom is 0.161 e. The molecule has 1 fully saturated rings. The highest BCUT2D eigenvalue weighted by Gasteiger charge is 2.67. The van der Waals surface area contributed by atoms with Crippen molar-refractivity contribution in [3.8, 4) is 11.5 Å². The summed E-state index contributed by atoms with van der Waals surface area (Å²) in [6, 6.07) is 4.64. The standard InChI is InChI=1S/C16H15NO3/c18-10-1-2-16-11-7-14-13(19-3-4-20-14)5-9(11)8-17-15(16)12(16)6-10/h1-2,5,7,12,15,17H,3-4,6,8H2/t12-,15?,16+/m1/s1. The van der Waals surface area contributed by atoms with Crippen molar-refractivity contribution >= 4 is 5.78 Å². The molecule has 0 bridgehead atoms. The predicted octanol–water partition coefficient (Wildman–Crippen LogP) is 1.33. The molecule has 1 spiro atoms. The first kappa shape index (κ1) is 10.9. The van der Waals surface area contributed by atoms with Crippen LogP contribution in [0.15, 0.2) is 24.3 Å². The van der Waals surface area contributed by atoms with Gasteiger partial charge in [-0.3, -0.25) is 4.79 Å². The summed E-state index contributed by atoms with van der Waals surface area (Å²) >= 11 is 0. The summed E-state index contributed by atoms with van der Waals surface area (Å²) in [6.07, 6.45) is 4.52. The van der Waals surface area contributed by atoms with Gasteiger partial charge in [-0.2, -0.15) is 0 Å². The Morgan fingerprint density at radius 1 is 1.20 bits per heavy atom. The van der Waals surface area contributed by atoms with Crippen molar-refractivity contribution < 1.29 is 14.3 Å². The lowest BCUT2D eigenvalue weighted by atomic mass is 9.83. The van der Waals surface area contributed by atoms with E-state index >= 15 is 0 Å². The monoisotopic (exact) mass is 269 g/mol. The SMILES string of the molecule is O=C1C=C[C@@]23c4cc5c(cc4CNC2[C@H]3C1)OCCO5. The van der Waals surface area contributed by atoms with Crippen LogP contribution in [0.3, 0.4) is 0 Å². The molecule has 4 heteroatoms. The lowest BCUT2D eigenvalue weighted by Gasteiger charge is -2.28. The van der Waals surface area contributed by atoms with E-state index in [1.54, 1.807) is 6.08 Å². The Hall–Kier alpha value is -1.81. The van der Waals surface area contributed by atoms with Gasteiger partial charge in [0.15, 0.2) is 17.3 Å². The van der Waals surface area contributed by atoms with E-state index in [-0.39, 0.29) is 11.2 Å². The molecule has 0 radical (unpaired) electrons. The van der Waals surface area contributed by atoms with E-state index in [4.69, 9.17) is 9.47 Å². The van der Waals surface area contributed by atoms with E-state index in [9.17, 15) is 4.79 Å². The number of rotatable bonds is 0. The molecule has 0 aromatic heterocycles. The fraction of sp³-hybridized carbons (Fsp3) is 0.438. The van der Waals surface area contributed by atoms with Gasteiger partial charge in [0, 0.05) is 24.4 Å². The minimum atomic E-state index is 0.0112. The van der Waals surface area contributed by atoms with Crippen LogP contribution in [-0.2, 0) is 16.8 Å². The molecular formula is C16H15NO3. The Morgan fingerprint density at radius 3 is 2.85 bits per heavy atom. The van der Waals surface area contributed by atoms with Crippen molar-refractivity contribution in [3.05, 3.63) is 35.4 Å². The zero-order valence-electron chi connectivity index (χ0n) is 11.0. The van der Waals surface area contributed by atoms with Gasteiger partial charge in [0.1, 0.15) is 13.2 Å². The number of carbonyl (C=O) groups excluding carboxylic acids is 1. The van der Waals surface area contributed by atoms with Crippen molar-refractivity contribution in [2.24, 2.45) is 5.92 Å². The highest BCUT2D eigenvalue weighted by Crippen LogP contribution is 2.62. The predicted molar refractivity (Wildman–Crippen MR) is 72.0 cm³/mol. The Labute approximate surface area is 116 Å². The van der Waals surface area contributed by atoms with Gasteiger partial charge in [-0.25, -0.2) is 0 Å². The Bertz CT molecular complexity index is 666. The summed E-state index contributed by atoms with van der Waals surface area (Å²) < 4.78 is 11.4. The van der Waals surface area contributed by atoms with Gasteiger partial charge in [-0.05, 0) is 35.3 Å². The normalized spacial score (nSPS) is 35.9. The molecule has 1 aromatic carbocycles. The van der Waals surface area contributed by atoms with Crippen LogP contribution in [0.4, 0.5) is 0 Å². The third kappa shape index (κ3) is 1.18. The molecule has 0 saturated heterocycles. The fourth-order valence-corrected chi connectivity index (χ4v) is 4.18. The quantitative estimate of drug-likeness (QED) is 0.772. The van der Waals surface area contributed by atoms with Gasteiger partial charge < -0.3 is 14.8 Å². The van der Waals surface area contributed by atoms with Crippen molar-refractivity contribution in [2.45, 2.75) is 24.4 Å². The second-order valence-corrected chi connectivity index (χ2v) is 6.05. The van der Waals surface area contributed by atoms with Gasteiger partial charge in [0.05, 0.1) is 0 Å². The first-order chi connectivity index (χ1) is 9.79. The van der Waals surface area contributed by atoms with Crippen LogP contribution in [0.2, 0.25) is 0 Å². The van der Waals surface area contributed by atoms with Crippen LogP contribution >= 0.6 is 0 Å². The molecule has 102 valence electrons. The molecule has 3 atom stereocenters. The number of ether oxygens (including phenoxy) is 2. The molecule has 2 heterocycles. The second-order valence-electron chi connectivity index (χ2n) is 6.05. The van der Waals surface area contributed by atoms with Crippen LogP contribution in [-0.4, -0.2) is 25.0 Å². The summed E-state index contributed by atoms with van der Waals surface area (Å²) in [7, 11) is 0. The molecule has 2 aliphatic carbocycles. The van der Waals surface area contributed by atoms with Crippen molar-refractivity contribution in [1.29, 1.82) is 0 Å². The van der Waals surface area contributed by atoms with Crippen LogP contribution < -0.4 is 14.8 Å². The minimum absolute atomic E-state index is 0.0112. The Kier molecular flexibility index (Phi) is 1.88. The number of hydrogen-bond acceptors (Lipinski definition) is 4. The summed E-state index contributed by atoms with van der Waals surface area (Å²) in [5, 5.41) is 3.57. The van der Waals surface area contributed by atoms with E-state index in [2.05, 4.69) is 23.5 Å². The van der Waals surface area contributed by atoms with Gasteiger partial charge in [0.25, 0.3) is 0 Å². The second kappa shape index (κ2) is 3.44. The zero-order valence-corrected chi connectivity index (χ0v) is 11.0. The number of nitrogens with one attached hydrogen (secondary N) is 1. The Balaban J connectivity index is 1.69. The van der Waals surface area contributed by atoms with Crippen molar-refractivity contribution in [1.82, 2.24) is 5.32 Å². The summed E-state index contributed by atoms with van der Waals surface area (Å²) in [6.45, 7) is 2.07. The van der Waals surface area contributed by atoms with Crippen molar-refractivity contribution in [2.75, 3.05) is 13.2 Å². The molecule has 4 aliphatic rings. The molecule has 1 aromatic rings. The molecule has 0 amide bonds. The lowest BCUT2D eigenvalue weighted by molar-refractivity contribution is -0.115. The third-order valence-electron chi connectivity index (χ3n) is 5.13. The fourth-order valence-electron chi connectivity index (χ4n) is 4.18. The van der Waals surface area contributed by atoms with Gasteiger partial charge >= 0.3 is 0 Å². The van der Waals surface area contributed by atoms with Gasteiger partial charge in [-0.15, -0.1) is 0 Å². The highest BCUT2D eigenvalue weighted by atomic mass is 16.6. The first-order valence-electron chi connectivity index (χ1n) is 7.17. The van der Waals surface area contributed by atoms with Gasteiger partial charge in [0.2, 0.25) is 0 Å². The maximum absolute atomic E-state index is 11.6. The number of hydrogen-bond donors (Lipinski definition) is 1. The van der Waals surface area contributed by atoms with E-state index < -0.39 is 0 Å². The minimum Gasteiger partial charge on any atom is -0.486 e. The zero-order chi connectivity index (χ0) is 13.3. The molecular weight excluding hydrogens is 254 g/mol. The van der Waals surface area contributed by atoms with Crippen LogP contribution in [0, 0.1) is 5.92 Å². The van der Waals surface area contributed by atoms with Crippen LogP contribution in [0.5, 0.6) is 11.5 Å². The summed E-state index contributed by atoms with van der Waals surface area (Å²) in [5.41, 5.74) is 2.60. The van der Waals surface area contributed by atoms with Gasteiger partial charge in [-0.1, -0.05) is 6.08 Å². The van der Waals surface area contributed by atoms with Crippen LogP contribution in [0.1, 0.15) is 17.5 Å². The molecule has 1 unspecified atom stereocenters. The van der Waals surface area contributed by atoms with E-state index in [0.717, 1.165) is 18.0 Å².